The molecule has 0 bridgehead atoms. The molecule has 1 aromatic heterocycles. The lowest BCUT2D eigenvalue weighted by Gasteiger charge is -2.37. The maximum absolute atomic E-state index is 12.5. The molecule has 2 aliphatic carbocycles. The molecule has 1 N–H and O–H groups in total. The highest BCUT2D eigenvalue weighted by Gasteiger charge is 2.25. The number of hydrogen-bond acceptors (Lipinski definition) is 4. The Hall–Kier alpha value is -1.20. The Labute approximate surface area is 169 Å². The minimum absolute atomic E-state index is 0.0867. The Balaban J connectivity index is 1.32. The van der Waals surface area contributed by atoms with Gasteiger partial charge >= 0.3 is 0 Å². The fraction of sp³-hybridized carbons (Fsp3) is 0.826. The van der Waals surface area contributed by atoms with Gasteiger partial charge in [0.05, 0.1) is 12.2 Å². The Morgan fingerprint density at radius 3 is 2.71 bits per heavy atom. The molecular formula is C23H38N4O. The monoisotopic (exact) mass is 386 g/mol. The van der Waals surface area contributed by atoms with Crippen LogP contribution in [-0.2, 0) is 19.4 Å². The minimum Gasteiger partial charge on any atom is -0.312 e. The first-order valence-corrected chi connectivity index (χ1v) is 11.8. The van der Waals surface area contributed by atoms with E-state index < -0.39 is 0 Å². The Kier molecular flexibility index (Phi) is 6.84. The third-order valence-corrected chi connectivity index (χ3v) is 7.28. The molecule has 1 saturated carbocycles. The lowest BCUT2D eigenvalue weighted by atomic mass is 9.87. The van der Waals surface area contributed by atoms with Crippen LogP contribution in [0.2, 0.25) is 0 Å². The lowest BCUT2D eigenvalue weighted by Crippen LogP contribution is -2.49. The number of fused-ring (bicyclic) bond motifs is 1. The number of likely N-dealkylation sites (tertiary alicyclic amines) is 1. The fourth-order valence-electron chi connectivity index (χ4n) is 5.34. The summed E-state index contributed by atoms with van der Waals surface area (Å²) in [7, 11) is 0. The summed E-state index contributed by atoms with van der Waals surface area (Å²) in [5.41, 5.74) is 2.44. The summed E-state index contributed by atoms with van der Waals surface area (Å²) >= 11 is 0. The summed E-state index contributed by atoms with van der Waals surface area (Å²) < 4.78 is 1.73. The molecule has 4 rings (SSSR count). The molecule has 5 nitrogen and oxygen atoms in total. The number of aryl methyl sites for hydroxylation is 2. The molecule has 0 amide bonds. The molecule has 2 fully saturated rings. The summed E-state index contributed by atoms with van der Waals surface area (Å²) in [5.74, 6) is 0.909. The van der Waals surface area contributed by atoms with E-state index in [1.807, 2.05) is 6.07 Å². The quantitative estimate of drug-likeness (QED) is 0.816. The van der Waals surface area contributed by atoms with Crippen LogP contribution < -0.4 is 10.9 Å². The van der Waals surface area contributed by atoms with Crippen LogP contribution in [0, 0.1) is 5.92 Å². The van der Waals surface area contributed by atoms with Crippen LogP contribution >= 0.6 is 0 Å². The third-order valence-electron chi connectivity index (χ3n) is 7.28. The maximum Gasteiger partial charge on any atom is 0.267 e. The molecule has 156 valence electrons. The first-order chi connectivity index (χ1) is 13.7. The molecule has 28 heavy (non-hydrogen) atoms. The standard InChI is InChI=1S/C23H38N4O/c1-18-9-11-20(12-10-18)24-17-21-7-4-5-13-26(21)14-15-27-23(28)16-19-6-2-3-8-22(19)25-27/h16,18,20-21,24H,2-15,17H2,1H3. The highest BCUT2D eigenvalue weighted by molar-refractivity contribution is 5.20. The zero-order valence-electron chi connectivity index (χ0n) is 17.7. The van der Waals surface area contributed by atoms with Gasteiger partial charge in [-0.15, -0.1) is 0 Å². The van der Waals surface area contributed by atoms with Gasteiger partial charge in [-0.1, -0.05) is 13.3 Å². The Morgan fingerprint density at radius 1 is 1.04 bits per heavy atom. The van der Waals surface area contributed by atoms with Crippen LogP contribution in [0.4, 0.5) is 0 Å². The van der Waals surface area contributed by atoms with E-state index in [4.69, 9.17) is 5.10 Å². The Bertz CT molecular complexity index is 692. The van der Waals surface area contributed by atoms with E-state index >= 15 is 0 Å². The third kappa shape index (κ3) is 5.04. The summed E-state index contributed by atoms with van der Waals surface area (Å²) in [4.78, 5) is 15.1. The van der Waals surface area contributed by atoms with Crippen molar-refractivity contribution in [1.82, 2.24) is 20.0 Å². The fourth-order valence-corrected chi connectivity index (χ4v) is 5.34. The average Bonchev–Trinajstić information content (AvgIpc) is 2.72. The van der Waals surface area contributed by atoms with Gasteiger partial charge in [0.25, 0.3) is 5.56 Å². The molecule has 0 aromatic carbocycles. The number of rotatable bonds is 6. The molecular weight excluding hydrogens is 348 g/mol. The van der Waals surface area contributed by atoms with E-state index in [0.717, 1.165) is 50.6 Å². The van der Waals surface area contributed by atoms with Gasteiger partial charge in [-0.3, -0.25) is 9.69 Å². The van der Waals surface area contributed by atoms with Crippen LogP contribution in [0.5, 0.6) is 0 Å². The Morgan fingerprint density at radius 2 is 1.86 bits per heavy atom. The van der Waals surface area contributed by atoms with Gasteiger partial charge in [-0.05, 0) is 82.2 Å². The van der Waals surface area contributed by atoms with Crippen molar-refractivity contribution in [2.45, 2.75) is 96.2 Å². The number of piperidine rings is 1. The second kappa shape index (κ2) is 9.53. The smallest absolute Gasteiger partial charge is 0.267 e. The van der Waals surface area contributed by atoms with Crippen LogP contribution in [-0.4, -0.2) is 46.4 Å². The first-order valence-electron chi connectivity index (χ1n) is 11.8. The van der Waals surface area contributed by atoms with Gasteiger partial charge in [0.1, 0.15) is 0 Å². The summed E-state index contributed by atoms with van der Waals surface area (Å²) in [6, 6.07) is 3.17. The number of nitrogens with zero attached hydrogens (tertiary/aromatic N) is 3. The van der Waals surface area contributed by atoms with Gasteiger partial charge < -0.3 is 5.32 Å². The maximum atomic E-state index is 12.5. The average molecular weight is 387 g/mol. The highest BCUT2D eigenvalue weighted by Crippen LogP contribution is 2.24. The molecule has 3 aliphatic rings. The summed E-state index contributed by atoms with van der Waals surface area (Å²) in [6.07, 6.45) is 13.8. The normalized spacial score (nSPS) is 28.8. The molecule has 1 saturated heterocycles. The van der Waals surface area contributed by atoms with Crippen molar-refractivity contribution in [3.05, 3.63) is 27.7 Å². The molecule has 0 spiro atoms. The van der Waals surface area contributed by atoms with Crippen molar-refractivity contribution in [2.75, 3.05) is 19.6 Å². The molecule has 1 atom stereocenters. The summed E-state index contributed by atoms with van der Waals surface area (Å²) in [5, 5.41) is 8.58. The SMILES string of the molecule is CC1CCC(NCC2CCCCN2CCn2nc3c(cc2=O)CCCC3)CC1. The largest absolute Gasteiger partial charge is 0.312 e. The lowest BCUT2D eigenvalue weighted by molar-refractivity contribution is 0.132. The molecule has 0 radical (unpaired) electrons. The van der Waals surface area contributed by atoms with E-state index in [0.29, 0.717) is 12.1 Å². The first kappa shape index (κ1) is 20.1. The second-order valence-corrected chi connectivity index (χ2v) is 9.44. The van der Waals surface area contributed by atoms with Crippen molar-refractivity contribution in [3.63, 3.8) is 0 Å². The number of hydrogen-bond donors (Lipinski definition) is 1. The van der Waals surface area contributed by atoms with Crippen molar-refractivity contribution in [1.29, 1.82) is 0 Å². The molecule has 5 heteroatoms. The molecule has 2 heterocycles. The predicted molar refractivity (Wildman–Crippen MR) is 114 cm³/mol. The van der Waals surface area contributed by atoms with Gasteiger partial charge in [0, 0.05) is 31.2 Å². The van der Waals surface area contributed by atoms with Crippen LogP contribution in [0.25, 0.3) is 0 Å². The minimum atomic E-state index is 0.0867. The van der Waals surface area contributed by atoms with Crippen molar-refractivity contribution < 1.29 is 0 Å². The van der Waals surface area contributed by atoms with Crippen LogP contribution in [0.3, 0.4) is 0 Å². The molecule has 1 unspecified atom stereocenters. The topological polar surface area (TPSA) is 50.2 Å². The van der Waals surface area contributed by atoms with Gasteiger partial charge in [0.15, 0.2) is 0 Å². The van der Waals surface area contributed by atoms with E-state index in [1.54, 1.807) is 4.68 Å². The molecule has 1 aliphatic heterocycles. The van der Waals surface area contributed by atoms with Gasteiger partial charge in [-0.25, -0.2) is 4.68 Å². The van der Waals surface area contributed by atoms with E-state index in [1.165, 1.54) is 63.4 Å². The van der Waals surface area contributed by atoms with Crippen molar-refractivity contribution in [2.24, 2.45) is 5.92 Å². The van der Waals surface area contributed by atoms with Crippen molar-refractivity contribution >= 4 is 0 Å². The number of aromatic nitrogens is 2. The summed E-state index contributed by atoms with van der Waals surface area (Å²) in [6.45, 7) is 6.32. The zero-order valence-corrected chi connectivity index (χ0v) is 17.7. The van der Waals surface area contributed by atoms with E-state index in [2.05, 4.69) is 17.1 Å². The van der Waals surface area contributed by atoms with Crippen molar-refractivity contribution in [3.8, 4) is 0 Å². The predicted octanol–water partition coefficient (Wildman–Crippen LogP) is 3.14. The van der Waals surface area contributed by atoms with E-state index in [-0.39, 0.29) is 5.56 Å². The zero-order chi connectivity index (χ0) is 19.3. The highest BCUT2D eigenvalue weighted by atomic mass is 16.1. The van der Waals surface area contributed by atoms with E-state index in [9.17, 15) is 4.79 Å². The molecule has 1 aromatic rings. The van der Waals surface area contributed by atoms with Crippen LogP contribution in [0.15, 0.2) is 10.9 Å². The van der Waals surface area contributed by atoms with Crippen LogP contribution in [0.1, 0.15) is 76.0 Å². The van der Waals surface area contributed by atoms with Gasteiger partial charge in [0.2, 0.25) is 0 Å². The second-order valence-electron chi connectivity index (χ2n) is 9.44. The number of nitrogens with one attached hydrogen (secondary N) is 1. The van der Waals surface area contributed by atoms with Gasteiger partial charge in [-0.2, -0.15) is 5.10 Å².